The summed E-state index contributed by atoms with van der Waals surface area (Å²) < 4.78 is 28.2. The zero-order valence-corrected chi connectivity index (χ0v) is 22.0. The molecule has 10 nitrogen and oxygen atoms in total. The smallest absolute Gasteiger partial charge is 0.330 e. The van der Waals surface area contributed by atoms with E-state index in [9.17, 15) is 22.8 Å². The number of aromatic amines is 1. The summed E-state index contributed by atoms with van der Waals surface area (Å²) in [6, 6.07) is 5.63. The Morgan fingerprint density at radius 1 is 1.09 bits per heavy atom. The second-order valence-electron chi connectivity index (χ2n) is 8.75. The average molecular weight is 508 g/mol. The summed E-state index contributed by atoms with van der Waals surface area (Å²) in [7, 11) is -3.67. The molecule has 3 N–H and O–H groups in total. The fourth-order valence-electron chi connectivity index (χ4n) is 3.72. The largest absolute Gasteiger partial charge is 0.383 e. The molecule has 1 aromatic carbocycles. The third kappa shape index (κ3) is 6.40. The molecule has 1 aromatic heterocycles. The molecular weight excluding hydrogens is 470 g/mol. The SMILES string of the molecule is CCCCn1c(N)c(N(CCC(C)C)C(=O)c2ccc(S(=O)(=O)N(CC)CC)cc2)c(=O)[nH]c1=O. The standard InChI is InChI=1S/C24H37N5O5S/c1-6-9-15-29-21(25)20(22(30)26-24(29)32)28(16-14-17(4)5)23(31)18-10-12-19(13-11-18)35(33,34)27(7-2)8-3/h10-13,17H,6-9,14-16,25H2,1-5H3,(H,26,30,32). The third-order valence-electron chi connectivity index (χ3n) is 5.84. The molecule has 2 aromatic rings. The molecule has 0 atom stereocenters. The molecule has 0 saturated heterocycles. The average Bonchev–Trinajstić information content (AvgIpc) is 2.81. The molecule has 0 aliphatic rings. The first kappa shape index (κ1) is 28.3. The van der Waals surface area contributed by atoms with E-state index in [1.54, 1.807) is 13.8 Å². The van der Waals surface area contributed by atoms with Crippen molar-refractivity contribution in [3.05, 3.63) is 50.7 Å². The number of carbonyl (C=O) groups is 1. The van der Waals surface area contributed by atoms with Crippen molar-refractivity contribution in [3.8, 4) is 0 Å². The van der Waals surface area contributed by atoms with Crippen LogP contribution in [0.5, 0.6) is 0 Å². The first-order valence-electron chi connectivity index (χ1n) is 12.0. The van der Waals surface area contributed by atoms with Crippen LogP contribution in [0, 0.1) is 5.92 Å². The van der Waals surface area contributed by atoms with Crippen LogP contribution in [-0.4, -0.2) is 47.8 Å². The van der Waals surface area contributed by atoms with Crippen molar-refractivity contribution >= 4 is 27.4 Å². The van der Waals surface area contributed by atoms with E-state index in [0.717, 1.165) is 6.42 Å². The van der Waals surface area contributed by atoms with Crippen molar-refractivity contribution in [2.75, 3.05) is 30.3 Å². The monoisotopic (exact) mass is 507 g/mol. The van der Waals surface area contributed by atoms with Gasteiger partial charge in [-0.1, -0.05) is 41.0 Å². The number of hydrogen-bond acceptors (Lipinski definition) is 6. The lowest BCUT2D eigenvalue weighted by Gasteiger charge is -2.25. The Balaban J connectivity index is 2.55. The van der Waals surface area contributed by atoms with Gasteiger partial charge >= 0.3 is 5.69 Å². The number of hydrogen-bond donors (Lipinski definition) is 2. The number of nitrogens with one attached hydrogen (secondary N) is 1. The van der Waals surface area contributed by atoms with E-state index in [0.29, 0.717) is 32.5 Å². The number of amides is 1. The predicted molar refractivity (Wildman–Crippen MR) is 138 cm³/mol. The van der Waals surface area contributed by atoms with Crippen molar-refractivity contribution < 1.29 is 13.2 Å². The molecule has 194 valence electrons. The van der Waals surface area contributed by atoms with E-state index in [1.165, 1.54) is 38.0 Å². The highest BCUT2D eigenvalue weighted by Crippen LogP contribution is 2.23. The quantitative estimate of drug-likeness (QED) is 0.453. The number of rotatable bonds is 12. The Labute approximate surface area is 206 Å². The fourth-order valence-corrected chi connectivity index (χ4v) is 5.17. The maximum absolute atomic E-state index is 13.6. The third-order valence-corrected chi connectivity index (χ3v) is 7.90. The van der Waals surface area contributed by atoms with Gasteiger partial charge in [0.05, 0.1) is 4.90 Å². The first-order valence-corrected chi connectivity index (χ1v) is 13.5. The highest BCUT2D eigenvalue weighted by molar-refractivity contribution is 7.89. The van der Waals surface area contributed by atoms with Crippen LogP contribution < -0.4 is 21.9 Å². The summed E-state index contributed by atoms with van der Waals surface area (Å²) in [6.07, 6.45) is 2.09. The maximum atomic E-state index is 13.6. The first-order chi connectivity index (χ1) is 16.5. The molecule has 0 fully saturated rings. The van der Waals surface area contributed by atoms with Gasteiger partial charge in [-0.25, -0.2) is 13.2 Å². The fraction of sp³-hybridized carbons (Fsp3) is 0.542. The van der Waals surface area contributed by atoms with Gasteiger partial charge in [0.1, 0.15) is 5.82 Å². The summed E-state index contributed by atoms with van der Waals surface area (Å²) >= 11 is 0. The zero-order valence-electron chi connectivity index (χ0n) is 21.2. The Bertz CT molecular complexity index is 1230. The Morgan fingerprint density at radius 2 is 1.69 bits per heavy atom. The number of carbonyl (C=O) groups excluding carboxylic acids is 1. The van der Waals surface area contributed by atoms with E-state index < -0.39 is 27.2 Å². The molecular formula is C24H37N5O5S. The van der Waals surface area contributed by atoms with E-state index in [4.69, 9.17) is 5.73 Å². The molecule has 0 unspecified atom stereocenters. The van der Waals surface area contributed by atoms with Crippen LogP contribution in [0.3, 0.4) is 0 Å². The number of H-pyrrole nitrogens is 1. The Hall–Kier alpha value is -2.92. The molecule has 0 radical (unpaired) electrons. The minimum Gasteiger partial charge on any atom is -0.383 e. The van der Waals surface area contributed by atoms with Gasteiger partial charge in [-0.2, -0.15) is 4.31 Å². The van der Waals surface area contributed by atoms with Crippen molar-refractivity contribution in [2.45, 2.75) is 65.3 Å². The second-order valence-corrected chi connectivity index (χ2v) is 10.7. The van der Waals surface area contributed by atoms with Gasteiger partial charge in [-0.05, 0) is 43.0 Å². The highest BCUT2D eigenvalue weighted by Gasteiger charge is 2.27. The van der Waals surface area contributed by atoms with Crippen molar-refractivity contribution in [3.63, 3.8) is 0 Å². The minimum absolute atomic E-state index is 0.0648. The lowest BCUT2D eigenvalue weighted by atomic mass is 10.1. The van der Waals surface area contributed by atoms with Crippen LogP contribution >= 0.6 is 0 Å². The lowest BCUT2D eigenvalue weighted by Crippen LogP contribution is -2.42. The molecule has 1 amide bonds. The second kappa shape index (κ2) is 12.2. The number of nitrogens with two attached hydrogens (primary N) is 1. The van der Waals surface area contributed by atoms with Crippen LogP contribution in [-0.2, 0) is 16.6 Å². The van der Waals surface area contributed by atoms with Gasteiger partial charge in [0.2, 0.25) is 10.0 Å². The molecule has 0 aliphatic heterocycles. The molecule has 35 heavy (non-hydrogen) atoms. The number of benzene rings is 1. The van der Waals surface area contributed by atoms with E-state index in [-0.39, 0.29) is 34.4 Å². The van der Waals surface area contributed by atoms with Crippen LogP contribution in [0.4, 0.5) is 11.5 Å². The molecule has 0 saturated carbocycles. The van der Waals surface area contributed by atoms with Crippen molar-refractivity contribution in [2.24, 2.45) is 5.92 Å². The number of nitrogens with zero attached hydrogens (tertiary/aromatic N) is 3. The maximum Gasteiger partial charge on any atom is 0.330 e. The molecule has 0 spiro atoms. The van der Waals surface area contributed by atoms with Gasteiger partial charge in [-0.15, -0.1) is 0 Å². The van der Waals surface area contributed by atoms with Gasteiger partial charge in [0, 0.05) is 31.7 Å². The number of unbranched alkanes of at least 4 members (excludes halogenated alkanes) is 1. The number of sulfonamides is 1. The zero-order chi connectivity index (χ0) is 26.3. The van der Waals surface area contributed by atoms with Crippen LogP contribution in [0.2, 0.25) is 0 Å². The lowest BCUT2D eigenvalue weighted by molar-refractivity contribution is 0.0985. The summed E-state index contributed by atoms with van der Waals surface area (Å²) in [5.41, 5.74) is 5.03. The van der Waals surface area contributed by atoms with Gasteiger partial charge < -0.3 is 10.6 Å². The molecule has 0 bridgehead atoms. The molecule has 1 heterocycles. The number of anilines is 2. The molecule has 0 aliphatic carbocycles. The van der Waals surface area contributed by atoms with E-state index in [1.807, 2.05) is 20.8 Å². The minimum atomic E-state index is -3.67. The topological polar surface area (TPSA) is 139 Å². The highest BCUT2D eigenvalue weighted by atomic mass is 32.2. The van der Waals surface area contributed by atoms with Crippen LogP contribution in [0.1, 0.15) is 64.2 Å². The summed E-state index contributed by atoms with van der Waals surface area (Å²) in [6.45, 7) is 10.6. The van der Waals surface area contributed by atoms with Gasteiger partial charge in [0.25, 0.3) is 11.5 Å². The van der Waals surface area contributed by atoms with E-state index in [2.05, 4.69) is 4.98 Å². The molecule has 11 heteroatoms. The van der Waals surface area contributed by atoms with Gasteiger partial charge in [0.15, 0.2) is 5.69 Å². The van der Waals surface area contributed by atoms with Crippen LogP contribution in [0.15, 0.2) is 38.8 Å². The molecule has 2 rings (SSSR count). The summed E-state index contributed by atoms with van der Waals surface area (Å²) in [4.78, 5) is 42.3. The van der Waals surface area contributed by atoms with Crippen LogP contribution in [0.25, 0.3) is 0 Å². The summed E-state index contributed by atoms with van der Waals surface area (Å²) in [5, 5.41) is 0. The Kier molecular flexibility index (Phi) is 9.84. The van der Waals surface area contributed by atoms with E-state index >= 15 is 0 Å². The van der Waals surface area contributed by atoms with Gasteiger partial charge in [-0.3, -0.25) is 19.1 Å². The number of nitrogen functional groups attached to an aromatic ring is 1. The number of aromatic nitrogens is 2. The normalized spacial score (nSPS) is 11.9. The summed E-state index contributed by atoms with van der Waals surface area (Å²) in [5.74, 6) is -0.335. The predicted octanol–water partition coefficient (Wildman–Crippen LogP) is 2.64. The van der Waals surface area contributed by atoms with Crippen molar-refractivity contribution in [1.29, 1.82) is 0 Å². The van der Waals surface area contributed by atoms with Crippen molar-refractivity contribution in [1.82, 2.24) is 13.9 Å². The Morgan fingerprint density at radius 3 is 2.20 bits per heavy atom.